The third-order valence-electron chi connectivity index (χ3n) is 2.96. The summed E-state index contributed by atoms with van der Waals surface area (Å²) in [6.07, 6.45) is 1.35. The molecule has 1 N–H and O–H groups in total. The topological polar surface area (TPSA) is 33.6 Å². The highest BCUT2D eigenvalue weighted by Crippen LogP contribution is 2.21. The Morgan fingerprint density at radius 1 is 1.27 bits per heavy atom. The van der Waals surface area contributed by atoms with E-state index in [1.807, 2.05) is 30.3 Å². The molecular weight excluding hydrogens is 188 g/mol. The molecule has 1 aromatic rings. The van der Waals surface area contributed by atoms with E-state index in [9.17, 15) is 0 Å². The Morgan fingerprint density at radius 2 is 2.13 bits per heavy atom. The maximum Gasteiger partial charge on any atom is 0.216 e. The summed E-state index contributed by atoms with van der Waals surface area (Å²) >= 11 is 0. The van der Waals surface area contributed by atoms with Crippen LogP contribution < -0.4 is 5.32 Å². The van der Waals surface area contributed by atoms with Gasteiger partial charge in [0, 0.05) is 12.1 Å². The van der Waals surface area contributed by atoms with E-state index in [0.717, 1.165) is 31.0 Å². The van der Waals surface area contributed by atoms with Crippen LogP contribution in [-0.2, 0) is 4.74 Å². The molecule has 0 aromatic heterocycles. The Morgan fingerprint density at radius 3 is 2.93 bits per heavy atom. The smallest absolute Gasteiger partial charge is 0.216 e. The van der Waals surface area contributed by atoms with Crippen LogP contribution in [0.25, 0.3) is 0 Å². The summed E-state index contributed by atoms with van der Waals surface area (Å²) in [6.45, 7) is 1.99. The third-order valence-corrected chi connectivity index (χ3v) is 2.96. The molecule has 3 nitrogen and oxygen atoms in total. The second kappa shape index (κ2) is 3.66. The van der Waals surface area contributed by atoms with E-state index >= 15 is 0 Å². The molecule has 2 heterocycles. The number of aliphatic imine (C=N–C) groups is 1. The summed E-state index contributed by atoms with van der Waals surface area (Å²) in [6, 6.07) is 10.4. The van der Waals surface area contributed by atoms with Gasteiger partial charge in [-0.25, -0.2) is 4.99 Å². The summed E-state index contributed by atoms with van der Waals surface area (Å²) in [4.78, 5) is 4.61. The van der Waals surface area contributed by atoms with Crippen molar-refractivity contribution in [2.24, 2.45) is 4.99 Å². The first kappa shape index (κ1) is 8.92. The van der Waals surface area contributed by atoms with Crippen LogP contribution in [-0.4, -0.2) is 31.1 Å². The molecule has 15 heavy (non-hydrogen) atoms. The second-order valence-corrected chi connectivity index (χ2v) is 4.02. The maximum atomic E-state index is 5.86. The predicted octanol–water partition coefficient (Wildman–Crippen LogP) is 1.19. The van der Waals surface area contributed by atoms with Crippen molar-refractivity contribution in [1.82, 2.24) is 5.32 Å². The number of fused-ring (bicyclic) bond motifs is 1. The van der Waals surface area contributed by atoms with Crippen molar-refractivity contribution in [1.29, 1.82) is 0 Å². The fraction of sp³-hybridized carbons (Fsp3) is 0.417. The Balaban J connectivity index is 1.84. The van der Waals surface area contributed by atoms with Gasteiger partial charge in [0.1, 0.15) is 12.1 Å². The van der Waals surface area contributed by atoms with E-state index in [-0.39, 0.29) is 0 Å². The fourth-order valence-corrected chi connectivity index (χ4v) is 2.13. The monoisotopic (exact) mass is 202 g/mol. The van der Waals surface area contributed by atoms with Crippen molar-refractivity contribution < 1.29 is 4.74 Å². The van der Waals surface area contributed by atoms with Gasteiger partial charge >= 0.3 is 0 Å². The van der Waals surface area contributed by atoms with E-state index in [2.05, 4.69) is 10.3 Å². The molecule has 3 heteroatoms. The van der Waals surface area contributed by atoms with Gasteiger partial charge in [0.15, 0.2) is 0 Å². The van der Waals surface area contributed by atoms with Gasteiger partial charge in [-0.15, -0.1) is 0 Å². The van der Waals surface area contributed by atoms with Crippen molar-refractivity contribution in [3.05, 3.63) is 35.9 Å². The zero-order valence-corrected chi connectivity index (χ0v) is 8.52. The Kier molecular flexibility index (Phi) is 2.18. The Labute approximate surface area is 89.2 Å². The van der Waals surface area contributed by atoms with Crippen LogP contribution in [0.5, 0.6) is 0 Å². The van der Waals surface area contributed by atoms with E-state index in [0.29, 0.717) is 12.1 Å². The average molecular weight is 202 g/mol. The molecule has 2 atom stereocenters. The number of ether oxygens (including phenoxy) is 1. The summed E-state index contributed by atoms with van der Waals surface area (Å²) in [5.74, 6) is 0.814. The highest BCUT2D eigenvalue weighted by Gasteiger charge is 2.33. The minimum Gasteiger partial charge on any atom is -0.472 e. The molecule has 78 valence electrons. The molecule has 2 unspecified atom stereocenters. The molecule has 0 spiro atoms. The molecule has 1 saturated heterocycles. The van der Waals surface area contributed by atoms with E-state index in [4.69, 9.17) is 4.74 Å². The summed E-state index contributed by atoms with van der Waals surface area (Å²) in [5, 5.41) is 3.34. The lowest BCUT2D eigenvalue weighted by Gasteiger charge is -2.23. The largest absolute Gasteiger partial charge is 0.472 e. The van der Waals surface area contributed by atoms with Crippen molar-refractivity contribution >= 4 is 5.90 Å². The highest BCUT2D eigenvalue weighted by molar-refractivity contribution is 5.95. The van der Waals surface area contributed by atoms with Crippen molar-refractivity contribution in [2.45, 2.75) is 18.6 Å². The highest BCUT2D eigenvalue weighted by atomic mass is 16.5. The van der Waals surface area contributed by atoms with Crippen molar-refractivity contribution in [2.75, 3.05) is 13.1 Å². The first-order chi connectivity index (χ1) is 7.43. The van der Waals surface area contributed by atoms with Crippen LogP contribution in [0, 0.1) is 0 Å². The molecule has 0 saturated carbocycles. The van der Waals surface area contributed by atoms with Gasteiger partial charge in [-0.05, 0) is 25.1 Å². The SMILES string of the molecule is c1ccc(C2=NC3CNCCC3O2)cc1. The number of nitrogens with zero attached hydrogens (tertiary/aromatic N) is 1. The number of hydrogen-bond donors (Lipinski definition) is 1. The second-order valence-electron chi connectivity index (χ2n) is 4.02. The van der Waals surface area contributed by atoms with Crippen LogP contribution >= 0.6 is 0 Å². The fourth-order valence-electron chi connectivity index (χ4n) is 2.13. The number of nitrogens with one attached hydrogen (secondary N) is 1. The van der Waals surface area contributed by atoms with Gasteiger partial charge < -0.3 is 10.1 Å². The number of hydrogen-bond acceptors (Lipinski definition) is 3. The van der Waals surface area contributed by atoms with E-state index in [1.165, 1.54) is 0 Å². The number of benzene rings is 1. The van der Waals surface area contributed by atoms with E-state index < -0.39 is 0 Å². The Hall–Kier alpha value is -1.35. The molecule has 3 rings (SSSR count). The predicted molar refractivity (Wildman–Crippen MR) is 59.1 cm³/mol. The third kappa shape index (κ3) is 1.63. The lowest BCUT2D eigenvalue weighted by atomic mass is 10.1. The number of rotatable bonds is 1. The minimum absolute atomic E-state index is 0.293. The quantitative estimate of drug-likeness (QED) is 0.742. The molecule has 0 amide bonds. The minimum atomic E-state index is 0.293. The zero-order valence-electron chi connectivity index (χ0n) is 8.52. The van der Waals surface area contributed by atoms with Gasteiger partial charge in [0.25, 0.3) is 0 Å². The Bertz CT molecular complexity index is 374. The summed E-state index contributed by atoms with van der Waals surface area (Å²) in [5.41, 5.74) is 1.09. The van der Waals surface area contributed by atoms with Gasteiger partial charge in [-0.2, -0.15) is 0 Å². The molecule has 2 aliphatic heterocycles. The summed E-state index contributed by atoms with van der Waals surface area (Å²) in [7, 11) is 0. The van der Waals surface area contributed by atoms with E-state index in [1.54, 1.807) is 0 Å². The maximum absolute atomic E-state index is 5.86. The first-order valence-electron chi connectivity index (χ1n) is 5.44. The first-order valence-corrected chi connectivity index (χ1v) is 5.44. The standard InChI is InChI=1S/C12H14N2O/c1-2-4-9(5-3-1)12-14-10-8-13-7-6-11(10)15-12/h1-5,10-11,13H,6-8H2. The lowest BCUT2D eigenvalue weighted by molar-refractivity contribution is 0.161. The van der Waals surface area contributed by atoms with Crippen LogP contribution in [0.1, 0.15) is 12.0 Å². The molecule has 2 aliphatic rings. The van der Waals surface area contributed by atoms with Gasteiger partial charge in [0.05, 0.1) is 0 Å². The van der Waals surface area contributed by atoms with Gasteiger partial charge in [0.2, 0.25) is 5.90 Å². The van der Waals surface area contributed by atoms with Crippen LogP contribution in [0.4, 0.5) is 0 Å². The molecule has 1 fully saturated rings. The number of piperidine rings is 1. The van der Waals surface area contributed by atoms with Crippen LogP contribution in [0.3, 0.4) is 0 Å². The van der Waals surface area contributed by atoms with Crippen LogP contribution in [0.2, 0.25) is 0 Å². The van der Waals surface area contributed by atoms with Crippen molar-refractivity contribution in [3.63, 3.8) is 0 Å². The summed E-state index contributed by atoms with van der Waals surface area (Å²) < 4.78 is 5.86. The normalized spacial score (nSPS) is 29.2. The molecule has 1 aromatic carbocycles. The molecule has 0 bridgehead atoms. The average Bonchev–Trinajstić information content (AvgIpc) is 2.74. The van der Waals surface area contributed by atoms with Gasteiger partial charge in [-0.1, -0.05) is 18.2 Å². The van der Waals surface area contributed by atoms with Crippen LogP contribution in [0.15, 0.2) is 35.3 Å². The lowest BCUT2D eigenvalue weighted by Crippen LogP contribution is -2.41. The molecule has 0 aliphatic carbocycles. The molecule has 0 radical (unpaired) electrons. The zero-order chi connectivity index (χ0) is 10.1. The van der Waals surface area contributed by atoms with Crippen molar-refractivity contribution in [3.8, 4) is 0 Å². The molecular formula is C12H14N2O. The van der Waals surface area contributed by atoms with Gasteiger partial charge in [-0.3, -0.25) is 0 Å².